The fourth-order valence-electron chi connectivity index (χ4n) is 7.16. The molecule has 0 aliphatic heterocycles. The molecule has 0 heterocycles. The Morgan fingerprint density at radius 2 is 0.750 bits per heavy atom. The molecular weight excluding hydrogens is 767 g/mol. The van der Waals surface area contributed by atoms with Crippen LogP contribution < -0.4 is 0 Å². The summed E-state index contributed by atoms with van der Waals surface area (Å²) in [6.45, 7) is 12.2. The first-order valence-corrected chi connectivity index (χ1v) is 21.2. The summed E-state index contributed by atoms with van der Waals surface area (Å²) in [5.41, 5.74) is 8.24. The topological polar surface area (TPSA) is 0 Å². The first-order valence-electron chi connectivity index (χ1n) is 17.0. The number of hydrogen-bond acceptors (Lipinski definition) is 0. The van der Waals surface area contributed by atoms with Gasteiger partial charge in [0.05, 0.1) is 0 Å². The van der Waals surface area contributed by atoms with E-state index in [9.17, 15) is 0 Å². The van der Waals surface area contributed by atoms with Crippen LogP contribution in [0.15, 0.2) is 146 Å². The van der Waals surface area contributed by atoms with Crippen molar-refractivity contribution in [2.45, 2.75) is 40.5 Å². The van der Waals surface area contributed by atoms with Crippen LogP contribution in [0.5, 0.6) is 0 Å². The van der Waals surface area contributed by atoms with E-state index in [4.69, 9.17) is 0 Å². The van der Waals surface area contributed by atoms with Gasteiger partial charge in [-0.25, -0.2) is 0 Å². The Kier molecular flexibility index (Phi) is 18.0. The van der Waals surface area contributed by atoms with Crippen LogP contribution in [0.2, 0.25) is 0 Å². The van der Waals surface area contributed by atoms with Gasteiger partial charge >= 0.3 is 30.2 Å². The average Bonchev–Trinajstić information content (AvgIpc) is 3.71. The van der Waals surface area contributed by atoms with Crippen LogP contribution in [0, 0.1) is 26.7 Å². The second-order valence-electron chi connectivity index (χ2n) is 13.6. The van der Waals surface area contributed by atoms with Crippen molar-refractivity contribution in [3.05, 3.63) is 172 Å². The molecule has 2 radical (unpaired) electrons. The standard InChI is InChI=1S/2C23H21.2CH3.2ClH.Si.Zr/c2*1-16(2)13-17-14-19-9-6-12-22(23(19)15-17)21-11-5-8-18-7-3-4-10-20(18)21;;;;;;/h2*3-12,14-16H,13H2,1-2H3;2*1H3;2*1H;;/q4*-1;;;;. The number of benzene rings is 6. The summed E-state index contributed by atoms with van der Waals surface area (Å²) in [5, 5.41) is 10.7. The minimum absolute atomic E-state index is 0. The molecule has 0 amide bonds. The van der Waals surface area contributed by atoms with E-state index in [0.717, 1.165) is 12.8 Å². The van der Waals surface area contributed by atoms with Crippen molar-refractivity contribution in [3.8, 4) is 22.3 Å². The van der Waals surface area contributed by atoms with Gasteiger partial charge in [0.15, 0.2) is 0 Å². The van der Waals surface area contributed by atoms with Crippen LogP contribution in [-0.2, 0) is 36.2 Å². The predicted molar refractivity (Wildman–Crippen MR) is 235 cm³/mol. The second kappa shape index (κ2) is 20.8. The molecule has 8 aromatic rings. The molecule has 0 saturated carbocycles. The summed E-state index contributed by atoms with van der Waals surface area (Å²) < 4.78 is 0. The molecule has 0 N–H and O–H groups in total. The molecule has 0 aliphatic carbocycles. The van der Waals surface area contributed by atoms with Gasteiger partial charge in [0.1, 0.15) is 0 Å². The monoisotopic (exact) mass is 814 g/mol. The van der Waals surface area contributed by atoms with Gasteiger partial charge in [-0.1, -0.05) is 136 Å². The third kappa shape index (κ3) is 10.0. The zero-order chi connectivity index (χ0) is 33.6. The molecule has 0 unspecified atom stereocenters. The quantitative estimate of drug-likeness (QED) is 0.116. The molecule has 0 aromatic heterocycles. The van der Waals surface area contributed by atoms with Gasteiger partial charge in [-0.3, -0.25) is 0 Å². The van der Waals surface area contributed by atoms with Crippen molar-refractivity contribution in [2.75, 3.05) is 0 Å². The van der Waals surface area contributed by atoms with Gasteiger partial charge in [0.25, 0.3) is 0 Å². The van der Waals surface area contributed by atoms with Crippen LogP contribution >= 0.6 is 24.8 Å². The number of hydrogen-bond donors (Lipinski definition) is 0. The first kappa shape index (κ1) is 44.9. The van der Waals surface area contributed by atoms with E-state index in [-0.39, 0.29) is 39.7 Å². The van der Waals surface area contributed by atoms with Crippen LogP contribution in [-0.4, -0.2) is 6.88 Å². The van der Waals surface area contributed by atoms with Crippen molar-refractivity contribution >= 4 is 74.8 Å². The summed E-state index contributed by atoms with van der Waals surface area (Å²) in [6, 6.07) is 53.3. The molecule has 0 spiro atoms. The van der Waals surface area contributed by atoms with Gasteiger partial charge in [-0.05, 0) is 57.3 Å². The molecule has 8 aromatic carbocycles. The summed E-state index contributed by atoms with van der Waals surface area (Å²) in [4.78, 5) is 0. The summed E-state index contributed by atoms with van der Waals surface area (Å²) in [7, 11) is 0. The Balaban J connectivity index is 0.000000320. The van der Waals surface area contributed by atoms with E-state index in [0.29, 0.717) is 11.8 Å². The third-order valence-corrected chi connectivity index (χ3v) is 9.07. The second-order valence-corrected chi connectivity index (χ2v) is 13.6. The Labute approximate surface area is 341 Å². The zero-order valence-corrected chi connectivity index (χ0v) is 36.3. The maximum atomic E-state index is 3.06. The average molecular weight is 817 g/mol. The van der Waals surface area contributed by atoms with Gasteiger partial charge in [-0.15, -0.1) is 93.9 Å². The Morgan fingerprint density at radius 1 is 0.442 bits per heavy atom. The summed E-state index contributed by atoms with van der Waals surface area (Å²) >= 11 is 1.36. The van der Waals surface area contributed by atoms with Crippen LogP contribution in [0.3, 0.4) is 0 Å². The molecule has 0 fully saturated rings. The van der Waals surface area contributed by atoms with E-state index in [1.54, 1.807) is 0 Å². The first-order chi connectivity index (χ1) is 23.4. The number of rotatable bonds is 6. The molecule has 4 heteroatoms. The number of fused-ring (bicyclic) bond motifs is 4. The van der Waals surface area contributed by atoms with Gasteiger partial charge in [0, 0.05) is 0 Å². The van der Waals surface area contributed by atoms with Crippen LogP contribution in [0.25, 0.3) is 65.3 Å². The molecule has 8 rings (SSSR count). The fraction of sp³-hybridized carbons (Fsp3) is 0.167. The van der Waals surface area contributed by atoms with E-state index < -0.39 is 0 Å². The predicted octanol–water partition coefficient (Wildman–Crippen LogP) is 14.5. The van der Waals surface area contributed by atoms with E-state index in [1.807, 2.05) is 0 Å². The van der Waals surface area contributed by atoms with Crippen molar-refractivity contribution in [2.24, 2.45) is 11.8 Å². The van der Waals surface area contributed by atoms with Gasteiger partial charge in [-0.2, -0.15) is 12.1 Å². The summed E-state index contributed by atoms with van der Waals surface area (Å²) in [6.07, 6.45) is 2.29. The fourth-order valence-corrected chi connectivity index (χ4v) is 7.16. The molecule has 0 aliphatic rings. The molecule has 0 atom stereocenters. The van der Waals surface area contributed by atoms with Crippen LogP contribution in [0.1, 0.15) is 38.8 Å². The van der Waals surface area contributed by atoms with Gasteiger partial charge in [0.2, 0.25) is 0 Å². The van der Waals surface area contributed by atoms with E-state index in [1.165, 1.54) is 99.8 Å². The van der Waals surface area contributed by atoms with E-state index >= 15 is 0 Å². The SMILES string of the molecule is CC(C)Cc1cc2c(-c3cccc4ccccc34)cccc2[cH-]1.CC(C)Cc1cc2c(-c3cccc4ccccc34)cccc2[cH-]1.Cl.Cl.[CH3-].[CH3-].[Si]=[Zr]. The van der Waals surface area contributed by atoms with Crippen molar-refractivity contribution in [3.63, 3.8) is 0 Å². The number of halogens is 2. The molecule has 0 bridgehead atoms. The van der Waals surface area contributed by atoms with Crippen molar-refractivity contribution in [1.29, 1.82) is 0 Å². The molecule has 0 saturated heterocycles. The Bertz CT molecular complexity index is 2140. The van der Waals surface area contributed by atoms with E-state index in [2.05, 4.69) is 180 Å². The van der Waals surface area contributed by atoms with Gasteiger partial charge < -0.3 is 14.9 Å². The molecule has 52 heavy (non-hydrogen) atoms. The molecular formula is C48H50Cl2SiZr-4. The third-order valence-electron chi connectivity index (χ3n) is 9.07. The normalized spacial score (nSPS) is 10.3. The molecule has 0 nitrogen and oxygen atoms in total. The minimum atomic E-state index is 0. The summed E-state index contributed by atoms with van der Waals surface area (Å²) in [5.74, 6) is 1.38. The van der Waals surface area contributed by atoms with Crippen molar-refractivity contribution in [1.82, 2.24) is 0 Å². The Hall–Kier alpha value is -3.26. The zero-order valence-electron chi connectivity index (χ0n) is 31.2. The van der Waals surface area contributed by atoms with Crippen LogP contribution in [0.4, 0.5) is 0 Å². The molecule has 268 valence electrons. The Morgan fingerprint density at radius 3 is 1.12 bits per heavy atom. The van der Waals surface area contributed by atoms with Crippen molar-refractivity contribution < 1.29 is 23.3 Å². The maximum absolute atomic E-state index is 3.06.